The first-order valence-electron chi connectivity index (χ1n) is 8.56. The van der Waals surface area contributed by atoms with E-state index >= 15 is 0 Å². The molecule has 150 valence electrons. The van der Waals surface area contributed by atoms with Gasteiger partial charge in [-0.1, -0.05) is 30.3 Å². The van der Waals surface area contributed by atoms with Gasteiger partial charge in [0.25, 0.3) is 5.91 Å². The van der Waals surface area contributed by atoms with E-state index < -0.39 is 0 Å². The molecule has 3 N–H and O–H groups in total. The predicted octanol–water partition coefficient (Wildman–Crippen LogP) is 2.29. The van der Waals surface area contributed by atoms with Crippen LogP contribution in [0.5, 0.6) is 0 Å². The molecule has 27 heavy (non-hydrogen) atoms. The Balaban J connectivity index is 0.00000182. The van der Waals surface area contributed by atoms with E-state index in [4.69, 9.17) is 10.5 Å². The molecule has 2 heterocycles. The van der Waals surface area contributed by atoms with Crippen molar-refractivity contribution in [3.63, 3.8) is 0 Å². The van der Waals surface area contributed by atoms with Crippen LogP contribution >= 0.6 is 36.2 Å². The number of nitrogens with two attached hydrogens (primary N) is 1. The zero-order valence-electron chi connectivity index (χ0n) is 15.0. The Labute approximate surface area is 176 Å². The van der Waals surface area contributed by atoms with Crippen LogP contribution in [0, 0.1) is 0 Å². The lowest BCUT2D eigenvalue weighted by Gasteiger charge is -2.31. The lowest BCUT2D eigenvalue weighted by atomic mass is 10.1. The van der Waals surface area contributed by atoms with E-state index in [-0.39, 0.29) is 36.8 Å². The monoisotopic (exact) mass is 432 g/mol. The third-order valence-electron chi connectivity index (χ3n) is 4.19. The molecule has 1 amide bonds. The van der Waals surface area contributed by atoms with E-state index in [1.165, 1.54) is 11.3 Å². The van der Waals surface area contributed by atoms with Crippen LogP contribution in [0.1, 0.15) is 27.1 Å². The Morgan fingerprint density at radius 1 is 1.26 bits per heavy atom. The van der Waals surface area contributed by atoms with E-state index in [1.807, 2.05) is 30.3 Å². The van der Waals surface area contributed by atoms with Gasteiger partial charge >= 0.3 is 0 Å². The second kappa shape index (κ2) is 12.3. The highest BCUT2D eigenvalue weighted by Crippen LogP contribution is 2.17. The molecule has 1 aromatic carbocycles. The number of nitrogens with one attached hydrogen (secondary N) is 1. The predicted molar refractivity (Wildman–Crippen MR) is 113 cm³/mol. The van der Waals surface area contributed by atoms with Crippen molar-refractivity contribution in [2.75, 3.05) is 39.4 Å². The number of carbonyl (C=O) groups is 1. The number of hydrogen-bond acceptors (Lipinski definition) is 6. The molecule has 1 saturated heterocycles. The van der Waals surface area contributed by atoms with Crippen LogP contribution in [-0.2, 0) is 11.2 Å². The highest BCUT2D eigenvalue weighted by atomic mass is 35.5. The van der Waals surface area contributed by atoms with E-state index in [0.717, 1.165) is 43.4 Å². The molecule has 0 saturated carbocycles. The number of aromatic nitrogens is 1. The van der Waals surface area contributed by atoms with Gasteiger partial charge in [0.1, 0.15) is 5.69 Å². The van der Waals surface area contributed by atoms with E-state index in [1.54, 1.807) is 5.38 Å². The van der Waals surface area contributed by atoms with Crippen molar-refractivity contribution in [3.8, 4) is 0 Å². The van der Waals surface area contributed by atoms with Crippen molar-refractivity contribution in [3.05, 3.63) is 52.0 Å². The van der Waals surface area contributed by atoms with Gasteiger partial charge in [-0.05, 0) is 12.1 Å². The van der Waals surface area contributed by atoms with Crippen molar-refractivity contribution >= 4 is 42.1 Å². The molecule has 9 heteroatoms. The summed E-state index contributed by atoms with van der Waals surface area (Å²) in [6, 6.07) is 9.99. The molecular formula is C18H26Cl2N4O2S. The Hall–Kier alpha value is -1.22. The topological polar surface area (TPSA) is 80.5 Å². The van der Waals surface area contributed by atoms with Gasteiger partial charge in [0.05, 0.1) is 24.3 Å². The first-order valence-corrected chi connectivity index (χ1v) is 9.44. The summed E-state index contributed by atoms with van der Waals surface area (Å²) >= 11 is 1.48. The fraction of sp³-hybridized carbons (Fsp3) is 0.444. The van der Waals surface area contributed by atoms with Crippen molar-refractivity contribution in [2.45, 2.75) is 12.5 Å². The summed E-state index contributed by atoms with van der Waals surface area (Å²) in [4.78, 5) is 19.4. The van der Waals surface area contributed by atoms with Gasteiger partial charge < -0.3 is 15.8 Å². The number of carbonyl (C=O) groups excluding carboxylic acids is 1. The van der Waals surface area contributed by atoms with Crippen LogP contribution in [0.3, 0.4) is 0 Å². The van der Waals surface area contributed by atoms with Gasteiger partial charge in [0.15, 0.2) is 0 Å². The third kappa shape index (κ3) is 7.03. The Morgan fingerprint density at radius 2 is 1.96 bits per heavy atom. The summed E-state index contributed by atoms with van der Waals surface area (Å²) < 4.78 is 5.42. The van der Waals surface area contributed by atoms with Gasteiger partial charge in [0, 0.05) is 31.4 Å². The molecule has 2 aromatic rings. The normalized spacial score (nSPS) is 15.3. The second-order valence-electron chi connectivity index (χ2n) is 6.01. The van der Waals surface area contributed by atoms with Gasteiger partial charge in [0.2, 0.25) is 0 Å². The maximum Gasteiger partial charge on any atom is 0.271 e. The number of hydrogen-bond donors (Lipinski definition) is 2. The quantitative estimate of drug-likeness (QED) is 0.701. The molecule has 1 unspecified atom stereocenters. The van der Waals surface area contributed by atoms with Crippen molar-refractivity contribution in [1.29, 1.82) is 0 Å². The van der Waals surface area contributed by atoms with Crippen molar-refractivity contribution in [1.82, 2.24) is 15.2 Å². The van der Waals surface area contributed by atoms with E-state index in [2.05, 4.69) is 15.2 Å². The van der Waals surface area contributed by atoms with Crippen molar-refractivity contribution < 1.29 is 9.53 Å². The first kappa shape index (κ1) is 23.8. The molecular weight excluding hydrogens is 407 g/mol. The second-order valence-corrected chi connectivity index (χ2v) is 6.96. The number of benzene rings is 1. The summed E-state index contributed by atoms with van der Waals surface area (Å²) in [5, 5.41) is 5.85. The molecule has 0 radical (unpaired) electrons. The third-order valence-corrected chi connectivity index (χ3v) is 5.10. The summed E-state index contributed by atoms with van der Waals surface area (Å²) in [6.07, 6.45) is 0.702. The molecule has 3 rings (SSSR count). The number of thiazole rings is 1. The molecule has 0 aliphatic carbocycles. The highest BCUT2D eigenvalue weighted by molar-refractivity contribution is 7.09. The molecule has 1 aromatic heterocycles. The first-order chi connectivity index (χ1) is 12.3. The van der Waals surface area contributed by atoms with Gasteiger partial charge in [-0.25, -0.2) is 4.98 Å². The van der Waals surface area contributed by atoms with E-state index in [9.17, 15) is 4.79 Å². The maximum atomic E-state index is 12.6. The summed E-state index contributed by atoms with van der Waals surface area (Å²) in [6.45, 7) is 4.55. The molecule has 1 aliphatic heterocycles. The molecule has 1 atom stereocenters. The number of halogens is 2. The average Bonchev–Trinajstić information content (AvgIpc) is 3.12. The maximum absolute atomic E-state index is 12.6. The molecule has 0 spiro atoms. The van der Waals surface area contributed by atoms with Gasteiger partial charge in [-0.2, -0.15) is 0 Å². The minimum absolute atomic E-state index is 0. The summed E-state index contributed by atoms with van der Waals surface area (Å²) in [7, 11) is 0. The summed E-state index contributed by atoms with van der Waals surface area (Å²) in [5.41, 5.74) is 7.12. The SMILES string of the molecule is Cl.Cl.NCCc1nc(C(=O)NC(CN2CCOCC2)c2ccccc2)cs1. The smallest absolute Gasteiger partial charge is 0.271 e. The van der Waals surface area contributed by atoms with Gasteiger partial charge in [-0.15, -0.1) is 36.2 Å². The van der Waals surface area contributed by atoms with Crippen LogP contribution in [0.15, 0.2) is 35.7 Å². The van der Waals surface area contributed by atoms with Crippen LogP contribution in [0.25, 0.3) is 0 Å². The highest BCUT2D eigenvalue weighted by Gasteiger charge is 2.21. The Bertz CT molecular complexity index is 681. The lowest BCUT2D eigenvalue weighted by molar-refractivity contribution is 0.0332. The number of rotatable bonds is 7. The van der Waals surface area contributed by atoms with Crippen molar-refractivity contribution in [2.24, 2.45) is 5.73 Å². The largest absolute Gasteiger partial charge is 0.379 e. The van der Waals surface area contributed by atoms with Crippen LogP contribution in [0.2, 0.25) is 0 Å². The molecule has 1 fully saturated rings. The minimum atomic E-state index is -0.137. The molecule has 0 bridgehead atoms. The lowest BCUT2D eigenvalue weighted by Crippen LogP contribution is -2.43. The minimum Gasteiger partial charge on any atom is -0.379 e. The zero-order valence-corrected chi connectivity index (χ0v) is 17.5. The number of morpholine rings is 1. The summed E-state index contributed by atoms with van der Waals surface area (Å²) in [5.74, 6) is -0.137. The van der Waals surface area contributed by atoms with Crippen LogP contribution in [-0.4, -0.2) is 55.2 Å². The Kier molecular flexibility index (Phi) is 10.8. The fourth-order valence-electron chi connectivity index (χ4n) is 2.85. The molecule has 1 aliphatic rings. The zero-order chi connectivity index (χ0) is 17.5. The van der Waals surface area contributed by atoms with Crippen LogP contribution in [0.4, 0.5) is 0 Å². The fourth-order valence-corrected chi connectivity index (χ4v) is 3.64. The average molecular weight is 433 g/mol. The molecule has 6 nitrogen and oxygen atoms in total. The van der Waals surface area contributed by atoms with Gasteiger partial charge in [-0.3, -0.25) is 9.69 Å². The van der Waals surface area contributed by atoms with E-state index in [0.29, 0.717) is 18.7 Å². The standard InChI is InChI=1S/C18H24N4O2S.2ClH/c19-7-6-17-20-16(13-25-17)18(23)21-15(14-4-2-1-3-5-14)12-22-8-10-24-11-9-22;;/h1-5,13,15H,6-12,19H2,(H,21,23);2*1H. The van der Waals surface area contributed by atoms with Crippen LogP contribution < -0.4 is 11.1 Å². The number of amides is 1. The number of ether oxygens (including phenoxy) is 1. The Morgan fingerprint density at radius 3 is 2.63 bits per heavy atom. The number of nitrogens with zero attached hydrogens (tertiary/aromatic N) is 2.